The van der Waals surface area contributed by atoms with Gasteiger partial charge < -0.3 is 0 Å². The third-order valence-corrected chi connectivity index (χ3v) is 5.98. The third kappa shape index (κ3) is 3.87. The number of para-hydroxylation sites is 1. The second-order valence-electron chi connectivity index (χ2n) is 8.16. The van der Waals surface area contributed by atoms with Gasteiger partial charge in [-0.1, -0.05) is 24.3 Å². The molecule has 0 unspecified atom stereocenters. The quantitative estimate of drug-likeness (QED) is 0.464. The minimum atomic E-state index is -4.48. The van der Waals surface area contributed by atoms with Crippen LogP contribution in [0.5, 0.6) is 0 Å². The molecule has 5 rings (SSSR count). The molecular weight excluding hydrogens is 403 g/mol. The maximum atomic E-state index is 13.6. The molecule has 4 aromatic rings. The van der Waals surface area contributed by atoms with E-state index in [1.165, 1.54) is 11.6 Å². The Balaban J connectivity index is 1.35. The largest absolute Gasteiger partial charge is 0.433 e. The van der Waals surface area contributed by atoms with Crippen LogP contribution >= 0.6 is 0 Å². The van der Waals surface area contributed by atoms with Gasteiger partial charge in [0.1, 0.15) is 5.69 Å². The average Bonchev–Trinajstić information content (AvgIpc) is 3.13. The van der Waals surface area contributed by atoms with E-state index in [0.717, 1.165) is 47.9 Å². The summed E-state index contributed by atoms with van der Waals surface area (Å²) in [6.45, 7) is 4.07. The van der Waals surface area contributed by atoms with E-state index < -0.39 is 11.9 Å². The van der Waals surface area contributed by atoms with E-state index in [0.29, 0.717) is 11.4 Å². The minimum Gasteiger partial charge on any atom is -0.299 e. The van der Waals surface area contributed by atoms with Gasteiger partial charge in [0.25, 0.3) is 0 Å². The fourth-order valence-corrected chi connectivity index (χ4v) is 4.44. The van der Waals surface area contributed by atoms with E-state index in [1.54, 1.807) is 19.2 Å². The van der Waals surface area contributed by atoms with Gasteiger partial charge in [-0.2, -0.15) is 18.3 Å². The number of pyridine rings is 1. The second-order valence-corrected chi connectivity index (χ2v) is 8.16. The number of halogens is 3. The molecule has 0 radical (unpaired) electrons. The topological polar surface area (TPSA) is 46.3 Å². The summed E-state index contributed by atoms with van der Waals surface area (Å²) in [5.41, 5.74) is 2.70. The molecule has 0 spiro atoms. The molecule has 3 aromatic heterocycles. The van der Waals surface area contributed by atoms with Gasteiger partial charge in [-0.15, -0.1) is 0 Å². The summed E-state index contributed by atoms with van der Waals surface area (Å²) >= 11 is 0. The van der Waals surface area contributed by atoms with Crippen LogP contribution in [-0.4, -0.2) is 37.6 Å². The average molecular weight is 425 g/mol. The first-order chi connectivity index (χ1) is 14.9. The number of benzene rings is 1. The fourth-order valence-electron chi connectivity index (χ4n) is 4.44. The van der Waals surface area contributed by atoms with Crippen molar-refractivity contribution in [3.63, 3.8) is 0 Å². The predicted octanol–water partition coefficient (Wildman–Crippen LogP) is 4.98. The molecule has 1 fully saturated rings. The van der Waals surface area contributed by atoms with Crippen molar-refractivity contribution < 1.29 is 13.2 Å². The van der Waals surface area contributed by atoms with Crippen LogP contribution in [0, 0.1) is 6.92 Å². The SMILES string of the molecule is Cc1cc2nc(C3CCN(Cc4cccc5cccnc45)CC3)cc(C(F)(F)F)n2n1. The molecule has 0 aliphatic carbocycles. The molecule has 160 valence electrons. The molecule has 1 aliphatic heterocycles. The van der Waals surface area contributed by atoms with Gasteiger partial charge in [-0.05, 0) is 50.6 Å². The molecule has 0 bridgehead atoms. The molecule has 4 heterocycles. The summed E-state index contributed by atoms with van der Waals surface area (Å²) in [5, 5.41) is 5.08. The van der Waals surface area contributed by atoms with Crippen LogP contribution in [-0.2, 0) is 12.7 Å². The standard InChI is InChI=1S/C23H22F3N5/c1-15-12-21-28-19(13-20(23(24,25)26)31(21)29-15)16-7-10-30(11-8-16)14-18-5-2-4-17-6-3-9-27-22(17)18/h2-6,9,12-13,16H,7-8,10-11,14H2,1H3. The van der Waals surface area contributed by atoms with Gasteiger partial charge in [0, 0.05) is 35.8 Å². The Morgan fingerprint density at radius 3 is 2.61 bits per heavy atom. The lowest BCUT2D eigenvalue weighted by Gasteiger charge is -2.32. The molecule has 0 atom stereocenters. The number of hydrogen-bond donors (Lipinski definition) is 0. The van der Waals surface area contributed by atoms with Crippen molar-refractivity contribution in [2.24, 2.45) is 0 Å². The zero-order valence-corrected chi connectivity index (χ0v) is 17.1. The third-order valence-electron chi connectivity index (χ3n) is 5.98. The van der Waals surface area contributed by atoms with E-state index in [1.807, 2.05) is 12.1 Å². The second kappa shape index (κ2) is 7.60. The summed E-state index contributed by atoms with van der Waals surface area (Å²) < 4.78 is 41.7. The molecule has 8 heteroatoms. The van der Waals surface area contributed by atoms with E-state index in [-0.39, 0.29) is 11.6 Å². The van der Waals surface area contributed by atoms with Gasteiger partial charge in [0.15, 0.2) is 5.65 Å². The minimum absolute atomic E-state index is 0.00296. The van der Waals surface area contributed by atoms with Gasteiger partial charge >= 0.3 is 6.18 Å². The van der Waals surface area contributed by atoms with Crippen LogP contribution in [0.2, 0.25) is 0 Å². The van der Waals surface area contributed by atoms with Gasteiger partial charge in [0.05, 0.1) is 11.2 Å². The summed E-state index contributed by atoms with van der Waals surface area (Å²) in [5.74, 6) is 0.00296. The lowest BCUT2D eigenvalue weighted by atomic mass is 9.92. The number of alkyl halides is 3. The Morgan fingerprint density at radius 2 is 1.84 bits per heavy atom. The smallest absolute Gasteiger partial charge is 0.299 e. The Labute approximate surface area is 177 Å². The highest BCUT2D eigenvalue weighted by Crippen LogP contribution is 2.34. The normalized spacial score (nSPS) is 16.4. The number of hydrogen-bond acceptors (Lipinski definition) is 4. The summed E-state index contributed by atoms with van der Waals surface area (Å²) in [6.07, 6.45) is -1.13. The maximum Gasteiger partial charge on any atom is 0.433 e. The van der Waals surface area contributed by atoms with E-state index in [9.17, 15) is 13.2 Å². The van der Waals surface area contributed by atoms with Crippen molar-refractivity contribution >= 4 is 16.6 Å². The molecular formula is C23H22F3N5. The predicted molar refractivity (Wildman–Crippen MR) is 112 cm³/mol. The van der Waals surface area contributed by atoms with E-state index in [2.05, 4.69) is 38.2 Å². The summed E-state index contributed by atoms with van der Waals surface area (Å²) in [4.78, 5) is 11.4. The summed E-state index contributed by atoms with van der Waals surface area (Å²) in [7, 11) is 0. The van der Waals surface area contributed by atoms with E-state index in [4.69, 9.17) is 0 Å². The number of fused-ring (bicyclic) bond motifs is 2. The number of likely N-dealkylation sites (tertiary alicyclic amines) is 1. The lowest BCUT2D eigenvalue weighted by molar-refractivity contribution is -0.142. The number of aromatic nitrogens is 4. The highest BCUT2D eigenvalue weighted by atomic mass is 19.4. The Kier molecular flexibility index (Phi) is 4.89. The van der Waals surface area contributed by atoms with Crippen molar-refractivity contribution in [3.8, 4) is 0 Å². The zero-order valence-electron chi connectivity index (χ0n) is 17.1. The first-order valence-electron chi connectivity index (χ1n) is 10.4. The highest BCUT2D eigenvalue weighted by Gasteiger charge is 2.36. The Bertz CT molecular complexity index is 1230. The molecule has 0 amide bonds. The van der Waals surface area contributed by atoms with Crippen LogP contribution in [0.15, 0.2) is 48.7 Å². The number of rotatable bonds is 3. The molecule has 0 saturated carbocycles. The maximum absolute atomic E-state index is 13.6. The van der Waals surface area contributed by atoms with E-state index >= 15 is 0 Å². The van der Waals surface area contributed by atoms with Crippen molar-refractivity contribution in [2.45, 2.75) is 38.4 Å². The van der Waals surface area contributed by atoms with Crippen molar-refractivity contribution in [1.82, 2.24) is 24.5 Å². The molecule has 1 aromatic carbocycles. The van der Waals surface area contributed by atoms with Crippen molar-refractivity contribution in [3.05, 3.63) is 71.3 Å². The Morgan fingerprint density at radius 1 is 1.06 bits per heavy atom. The first kappa shape index (κ1) is 19.9. The number of aryl methyl sites for hydroxylation is 1. The number of piperidine rings is 1. The van der Waals surface area contributed by atoms with Gasteiger partial charge in [-0.3, -0.25) is 9.88 Å². The summed E-state index contributed by atoms with van der Waals surface area (Å²) in [6, 6.07) is 12.9. The molecule has 1 aliphatic rings. The number of nitrogens with zero attached hydrogens (tertiary/aromatic N) is 5. The molecule has 31 heavy (non-hydrogen) atoms. The van der Waals surface area contributed by atoms with Crippen LogP contribution in [0.4, 0.5) is 13.2 Å². The van der Waals surface area contributed by atoms with Crippen LogP contribution < -0.4 is 0 Å². The lowest BCUT2D eigenvalue weighted by Crippen LogP contribution is -2.33. The van der Waals surface area contributed by atoms with Gasteiger partial charge in [-0.25, -0.2) is 9.50 Å². The van der Waals surface area contributed by atoms with Gasteiger partial charge in [0.2, 0.25) is 0 Å². The molecule has 5 nitrogen and oxygen atoms in total. The zero-order chi connectivity index (χ0) is 21.6. The van der Waals surface area contributed by atoms with Crippen LogP contribution in [0.1, 0.15) is 41.4 Å². The fraction of sp³-hybridized carbons (Fsp3) is 0.348. The molecule has 0 N–H and O–H groups in total. The van der Waals surface area contributed by atoms with Crippen molar-refractivity contribution in [1.29, 1.82) is 0 Å². The first-order valence-corrected chi connectivity index (χ1v) is 10.4. The molecule has 1 saturated heterocycles. The Hall–Kier alpha value is -3.00. The van der Waals surface area contributed by atoms with Crippen molar-refractivity contribution in [2.75, 3.05) is 13.1 Å². The van der Waals surface area contributed by atoms with Crippen LogP contribution in [0.3, 0.4) is 0 Å². The monoisotopic (exact) mass is 425 g/mol. The van der Waals surface area contributed by atoms with Crippen LogP contribution in [0.25, 0.3) is 16.6 Å². The highest BCUT2D eigenvalue weighted by molar-refractivity contribution is 5.81.